The first-order valence-corrected chi connectivity index (χ1v) is 12.7. The van der Waals surface area contributed by atoms with Crippen LogP contribution >= 0.6 is 11.6 Å². The molecule has 0 spiro atoms. The van der Waals surface area contributed by atoms with E-state index < -0.39 is 10.0 Å². The summed E-state index contributed by atoms with van der Waals surface area (Å²) in [6, 6.07) is 14.0. The van der Waals surface area contributed by atoms with Crippen LogP contribution in [0, 0.1) is 6.92 Å². The van der Waals surface area contributed by atoms with Crippen LogP contribution in [0.2, 0.25) is 5.02 Å². The molecule has 1 aliphatic rings. The number of anilines is 1. The highest BCUT2D eigenvalue weighted by Gasteiger charge is 2.30. The van der Waals surface area contributed by atoms with E-state index in [0.29, 0.717) is 28.6 Å². The molecule has 170 valence electrons. The Balaban J connectivity index is 1.88. The number of aryl methyl sites for hydroxylation is 1. The minimum Gasteiger partial charge on any atom is -0.315 e. The van der Waals surface area contributed by atoms with Gasteiger partial charge in [0.1, 0.15) is 5.82 Å². The summed E-state index contributed by atoms with van der Waals surface area (Å²) in [6.07, 6.45) is 2.56. The molecule has 32 heavy (non-hydrogen) atoms. The van der Waals surface area contributed by atoms with Gasteiger partial charge in [0.2, 0.25) is 0 Å². The first-order valence-electron chi connectivity index (χ1n) is 10.9. The number of rotatable bonds is 8. The molecule has 1 saturated heterocycles. The van der Waals surface area contributed by atoms with Gasteiger partial charge in [0.25, 0.3) is 10.0 Å². The van der Waals surface area contributed by atoms with Crippen molar-refractivity contribution in [2.24, 2.45) is 0 Å². The van der Waals surface area contributed by atoms with E-state index in [1.807, 2.05) is 19.9 Å². The zero-order valence-corrected chi connectivity index (χ0v) is 19.9. The summed E-state index contributed by atoms with van der Waals surface area (Å²) in [5, 5.41) is 12.7. The van der Waals surface area contributed by atoms with E-state index in [4.69, 9.17) is 11.6 Å². The molecule has 1 aromatic heterocycles. The number of benzene rings is 2. The Kier molecular flexibility index (Phi) is 6.83. The maximum Gasteiger partial charge on any atom is 0.264 e. The normalized spacial score (nSPS) is 16.4. The van der Waals surface area contributed by atoms with Crippen molar-refractivity contribution >= 4 is 27.3 Å². The third kappa shape index (κ3) is 4.40. The standard InChI is InChI=1S/C23H28ClN5O2S/c1-3-4-14-28(32(30,31)20-8-6-5-7-9-20)22-11-10-18(24)15-21(22)23-27-26-17(2)29(23)19-12-13-25-16-19/h5-11,15,19,25H,3-4,12-14,16H2,1-2H3. The fourth-order valence-corrected chi connectivity index (χ4v) is 5.86. The molecule has 0 amide bonds. The Morgan fingerprint density at radius 2 is 1.97 bits per heavy atom. The van der Waals surface area contributed by atoms with Gasteiger partial charge in [-0.1, -0.05) is 43.1 Å². The third-order valence-corrected chi connectivity index (χ3v) is 7.84. The predicted molar refractivity (Wildman–Crippen MR) is 128 cm³/mol. The molecule has 0 bridgehead atoms. The number of sulfonamides is 1. The summed E-state index contributed by atoms with van der Waals surface area (Å²) in [6.45, 7) is 6.08. The van der Waals surface area contributed by atoms with E-state index in [1.54, 1.807) is 42.5 Å². The topological polar surface area (TPSA) is 80.1 Å². The molecule has 3 aromatic rings. The number of aromatic nitrogens is 3. The number of hydrogen-bond acceptors (Lipinski definition) is 5. The highest BCUT2D eigenvalue weighted by Crippen LogP contribution is 2.37. The number of nitrogens with zero attached hydrogens (tertiary/aromatic N) is 4. The summed E-state index contributed by atoms with van der Waals surface area (Å²) in [5.74, 6) is 1.43. The average Bonchev–Trinajstić information content (AvgIpc) is 3.44. The van der Waals surface area contributed by atoms with Gasteiger partial charge in [0, 0.05) is 23.7 Å². The van der Waals surface area contributed by atoms with Gasteiger partial charge in [-0.3, -0.25) is 4.31 Å². The molecular formula is C23H28ClN5O2S. The molecule has 0 radical (unpaired) electrons. The third-order valence-electron chi connectivity index (χ3n) is 5.78. The van der Waals surface area contributed by atoms with Gasteiger partial charge in [0.05, 0.1) is 16.6 Å². The van der Waals surface area contributed by atoms with E-state index in [0.717, 1.165) is 38.2 Å². The second-order valence-corrected chi connectivity index (χ2v) is 10.3. The molecule has 1 N–H and O–H groups in total. The van der Waals surface area contributed by atoms with Gasteiger partial charge in [0.15, 0.2) is 5.82 Å². The van der Waals surface area contributed by atoms with E-state index in [-0.39, 0.29) is 10.9 Å². The van der Waals surface area contributed by atoms with Crippen molar-refractivity contribution in [2.75, 3.05) is 23.9 Å². The van der Waals surface area contributed by atoms with Crippen LogP contribution in [0.3, 0.4) is 0 Å². The highest BCUT2D eigenvalue weighted by molar-refractivity contribution is 7.92. The fraction of sp³-hybridized carbons (Fsp3) is 0.391. The van der Waals surface area contributed by atoms with E-state index in [1.165, 1.54) is 4.31 Å². The van der Waals surface area contributed by atoms with Crippen LogP contribution in [0.1, 0.15) is 38.1 Å². The molecule has 1 unspecified atom stereocenters. The molecule has 9 heteroatoms. The fourth-order valence-electron chi connectivity index (χ4n) is 4.15. The van der Waals surface area contributed by atoms with Gasteiger partial charge in [-0.2, -0.15) is 0 Å². The van der Waals surface area contributed by atoms with E-state index >= 15 is 0 Å². The van der Waals surface area contributed by atoms with Crippen molar-refractivity contribution in [3.63, 3.8) is 0 Å². The summed E-state index contributed by atoms with van der Waals surface area (Å²) < 4.78 is 31.0. The number of hydrogen-bond donors (Lipinski definition) is 1. The quantitative estimate of drug-likeness (QED) is 0.523. The minimum absolute atomic E-state index is 0.210. The second-order valence-electron chi connectivity index (χ2n) is 7.99. The monoisotopic (exact) mass is 473 g/mol. The van der Waals surface area contributed by atoms with Gasteiger partial charge >= 0.3 is 0 Å². The maximum atomic E-state index is 13.7. The highest BCUT2D eigenvalue weighted by atomic mass is 35.5. The van der Waals surface area contributed by atoms with E-state index in [9.17, 15) is 8.42 Å². The van der Waals surface area contributed by atoms with Gasteiger partial charge in [-0.05, 0) is 56.6 Å². The van der Waals surface area contributed by atoms with Crippen molar-refractivity contribution < 1.29 is 8.42 Å². The van der Waals surface area contributed by atoms with Crippen molar-refractivity contribution in [3.8, 4) is 11.4 Å². The van der Waals surface area contributed by atoms with Crippen LogP contribution in [-0.2, 0) is 10.0 Å². The Hall–Kier alpha value is -2.42. The molecule has 0 aliphatic carbocycles. The lowest BCUT2D eigenvalue weighted by atomic mass is 10.1. The molecule has 2 heterocycles. The summed E-state index contributed by atoms with van der Waals surface area (Å²) in [7, 11) is -3.77. The van der Waals surface area contributed by atoms with Crippen molar-refractivity contribution in [1.82, 2.24) is 20.1 Å². The van der Waals surface area contributed by atoms with Gasteiger partial charge in [-0.15, -0.1) is 10.2 Å². The van der Waals surface area contributed by atoms with Crippen LogP contribution in [0.4, 0.5) is 5.69 Å². The minimum atomic E-state index is -3.77. The smallest absolute Gasteiger partial charge is 0.264 e. The largest absolute Gasteiger partial charge is 0.315 e. The zero-order chi connectivity index (χ0) is 22.7. The molecule has 0 saturated carbocycles. The lowest BCUT2D eigenvalue weighted by Crippen LogP contribution is -2.32. The summed E-state index contributed by atoms with van der Waals surface area (Å²) in [4.78, 5) is 0.259. The first-order chi connectivity index (χ1) is 15.4. The SMILES string of the molecule is CCCCN(c1ccc(Cl)cc1-c1nnc(C)n1C1CCNC1)S(=O)(=O)c1ccccc1. The lowest BCUT2D eigenvalue weighted by Gasteiger charge is -2.27. The Morgan fingerprint density at radius 3 is 2.66 bits per heavy atom. The van der Waals surface area contributed by atoms with E-state index in [2.05, 4.69) is 20.1 Å². The molecule has 1 fully saturated rings. The average molecular weight is 474 g/mol. The Bertz CT molecular complexity index is 1170. The van der Waals surface area contributed by atoms with Crippen LogP contribution in [0.15, 0.2) is 53.4 Å². The summed E-state index contributed by atoms with van der Waals surface area (Å²) >= 11 is 6.39. The maximum absolute atomic E-state index is 13.7. The Morgan fingerprint density at radius 1 is 1.19 bits per heavy atom. The van der Waals surface area contributed by atoms with Crippen molar-refractivity contribution in [2.45, 2.75) is 44.0 Å². The number of unbranched alkanes of at least 4 members (excludes halogenated alkanes) is 1. The molecule has 2 aromatic carbocycles. The van der Waals surface area contributed by atoms with Crippen molar-refractivity contribution in [3.05, 3.63) is 59.4 Å². The zero-order valence-electron chi connectivity index (χ0n) is 18.3. The molecule has 1 aliphatic heterocycles. The van der Waals surface area contributed by atoms with Crippen molar-refractivity contribution in [1.29, 1.82) is 0 Å². The molecular weight excluding hydrogens is 446 g/mol. The van der Waals surface area contributed by atoms with Crippen LogP contribution in [-0.4, -0.2) is 42.8 Å². The second kappa shape index (κ2) is 9.60. The van der Waals surface area contributed by atoms with Crippen LogP contribution < -0.4 is 9.62 Å². The van der Waals surface area contributed by atoms with Gasteiger partial charge in [-0.25, -0.2) is 8.42 Å². The number of nitrogens with one attached hydrogen (secondary N) is 1. The van der Waals surface area contributed by atoms with Crippen LogP contribution in [0.5, 0.6) is 0 Å². The molecule has 1 atom stereocenters. The predicted octanol–water partition coefficient (Wildman–Crippen LogP) is 4.44. The Labute approximate surface area is 194 Å². The first kappa shape index (κ1) is 22.8. The summed E-state index contributed by atoms with van der Waals surface area (Å²) in [5.41, 5.74) is 1.23. The molecule has 7 nitrogen and oxygen atoms in total. The number of halogens is 1. The molecule has 4 rings (SSSR count). The van der Waals surface area contributed by atoms with Crippen LogP contribution in [0.25, 0.3) is 11.4 Å². The van der Waals surface area contributed by atoms with Gasteiger partial charge < -0.3 is 9.88 Å². The lowest BCUT2D eigenvalue weighted by molar-refractivity contribution is 0.537.